The van der Waals surface area contributed by atoms with E-state index in [-0.39, 0.29) is 0 Å². The standard InChI is InChI=1S/C11H10N2O2/c1-9-7-11(13(15)8-12(9)14)10-5-3-2-4-6-10/h2-8H,1H3. The number of aromatic nitrogens is 2. The number of rotatable bonds is 1. The molecule has 0 aliphatic carbocycles. The van der Waals surface area contributed by atoms with E-state index in [0.717, 1.165) is 11.9 Å². The Kier molecular flexibility index (Phi) is 2.25. The first-order valence-electron chi connectivity index (χ1n) is 4.57. The molecule has 0 radical (unpaired) electrons. The van der Waals surface area contributed by atoms with Crippen LogP contribution in [0.15, 0.2) is 42.7 Å². The van der Waals surface area contributed by atoms with Gasteiger partial charge in [0.1, 0.15) is 0 Å². The van der Waals surface area contributed by atoms with E-state index < -0.39 is 0 Å². The Labute approximate surface area is 87.2 Å². The zero-order valence-corrected chi connectivity index (χ0v) is 8.25. The van der Waals surface area contributed by atoms with Gasteiger partial charge in [0, 0.05) is 12.5 Å². The number of hydrogen-bond acceptors (Lipinski definition) is 2. The number of benzene rings is 1. The summed E-state index contributed by atoms with van der Waals surface area (Å²) in [6.07, 6.45) is 0.984. The molecule has 0 saturated carbocycles. The normalized spacial score (nSPS) is 10.2. The fraction of sp³-hybridized carbons (Fsp3) is 0.0909. The minimum Gasteiger partial charge on any atom is -0.614 e. The fourth-order valence-electron chi connectivity index (χ4n) is 1.39. The van der Waals surface area contributed by atoms with E-state index in [4.69, 9.17) is 0 Å². The van der Waals surface area contributed by atoms with Crippen molar-refractivity contribution in [3.8, 4) is 11.3 Å². The molecule has 4 nitrogen and oxygen atoms in total. The van der Waals surface area contributed by atoms with Gasteiger partial charge in [0.2, 0.25) is 11.4 Å². The van der Waals surface area contributed by atoms with Crippen molar-refractivity contribution < 1.29 is 9.46 Å². The lowest BCUT2D eigenvalue weighted by Crippen LogP contribution is -2.43. The van der Waals surface area contributed by atoms with Gasteiger partial charge in [0.05, 0.1) is 6.07 Å². The van der Waals surface area contributed by atoms with Gasteiger partial charge in [-0.3, -0.25) is 0 Å². The van der Waals surface area contributed by atoms with E-state index in [1.807, 2.05) is 30.3 Å². The van der Waals surface area contributed by atoms with E-state index in [0.29, 0.717) is 20.8 Å². The largest absolute Gasteiger partial charge is 0.614 e. The van der Waals surface area contributed by atoms with Gasteiger partial charge in [0.25, 0.3) is 0 Å². The molecular weight excluding hydrogens is 192 g/mol. The van der Waals surface area contributed by atoms with Gasteiger partial charge in [-0.2, -0.15) is 0 Å². The van der Waals surface area contributed by atoms with Crippen molar-refractivity contribution in [2.24, 2.45) is 0 Å². The first-order valence-corrected chi connectivity index (χ1v) is 4.57. The van der Waals surface area contributed by atoms with Crippen molar-refractivity contribution in [1.29, 1.82) is 0 Å². The Hall–Kier alpha value is -2.10. The predicted octanol–water partition coefficient (Wildman–Crippen LogP) is 0.929. The van der Waals surface area contributed by atoms with Gasteiger partial charge in [-0.25, -0.2) is 0 Å². The van der Waals surface area contributed by atoms with Crippen LogP contribution in [0.5, 0.6) is 0 Å². The minimum absolute atomic E-state index is 0.486. The minimum atomic E-state index is 0.486. The number of aryl methyl sites for hydroxylation is 1. The maximum atomic E-state index is 11.5. The molecule has 1 aromatic heterocycles. The van der Waals surface area contributed by atoms with Crippen LogP contribution < -0.4 is 9.46 Å². The lowest BCUT2D eigenvalue weighted by atomic mass is 10.1. The summed E-state index contributed by atoms with van der Waals surface area (Å²) in [5.74, 6) is 0. The van der Waals surface area contributed by atoms with Gasteiger partial charge in [-0.05, 0) is 12.1 Å². The van der Waals surface area contributed by atoms with Crippen LogP contribution in [-0.4, -0.2) is 0 Å². The zero-order valence-electron chi connectivity index (χ0n) is 8.25. The average molecular weight is 202 g/mol. The number of nitrogens with zero attached hydrogens (tertiary/aromatic N) is 2. The molecule has 0 spiro atoms. The van der Waals surface area contributed by atoms with Crippen LogP contribution in [0, 0.1) is 17.3 Å². The second-order valence-electron chi connectivity index (χ2n) is 3.30. The lowest BCUT2D eigenvalue weighted by Gasteiger charge is -2.05. The molecule has 0 fully saturated rings. The van der Waals surface area contributed by atoms with Crippen molar-refractivity contribution >= 4 is 0 Å². The van der Waals surface area contributed by atoms with Crippen LogP contribution in [0.2, 0.25) is 0 Å². The van der Waals surface area contributed by atoms with Crippen LogP contribution in [-0.2, 0) is 0 Å². The smallest absolute Gasteiger partial charge is 0.430 e. The Morgan fingerprint density at radius 2 is 1.67 bits per heavy atom. The van der Waals surface area contributed by atoms with Crippen LogP contribution in [0.4, 0.5) is 0 Å². The Bertz CT molecular complexity index is 483. The Morgan fingerprint density at radius 1 is 1.00 bits per heavy atom. The van der Waals surface area contributed by atoms with Crippen molar-refractivity contribution in [3.63, 3.8) is 0 Å². The molecule has 0 aliphatic rings. The molecule has 2 aromatic rings. The molecular formula is C11H10N2O2. The Balaban J connectivity index is 2.59. The highest BCUT2D eigenvalue weighted by Gasteiger charge is 2.13. The van der Waals surface area contributed by atoms with Gasteiger partial charge < -0.3 is 10.4 Å². The van der Waals surface area contributed by atoms with Crippen LogP contribution >= 0.6 is 0 Å². The molecule has 76 valence electrons. The summed E-state index contributed by atoms with van der Waals surface area (Å²) < 4.78 is 1.13. The third-order valence-corrected chi connectivity index (χ3v) is 2.21. The van der Waals surface area contributed by atoms with Gasteiger partial charge in [-0.1, -0.05) is 18.2 Å². The first kappa shape index (κ1) is 9.45. The average Bonchev–Trinajstić information content (AvgIpc) is 2.25. The number of hydrogen-bond donors (Lipinski definition) is 0. The summed E-state index contributed by atoms with van der Waals surface area (Å²) in [5.41, 5.74) is 1.79. The highest BCUT2D eigenvalue weighted by molar-refractivity contribution is 5.55. The van der Waals surface area contributed by atoms with Crippen LogP contribution in [0.25, 0.3) is 11.3 Å². The molecule has 15 heavy (non-hydrogen) atoms. The fourth-order valence-corrected chi connectivity index (χ4v) is 1.39. The lowest BCUT2D eigenvalue weighted by molar-refractivity contribution is -0.742. The molecule has 0 amide bonds. The van der Waals surface area contributed by atoms with Gasteiger partial charge in [-0.15, -0.1) is 9.46 Å². The van der Waals surface area contributed by atoms with E-state index in [2.05, 4.69) is 0 Å². The van der Waals surface area contributed by atoms with Crippen molar-refractivity contribution in [2.45, 2.75) is 6.92 Å². The van der Waals surface area contributed by atoms with Crippen LogP contribution in [0.1, 0.15) is 5.69 Å². The summed E-state index contributed by atoms with van der Waals surface area (Å²) in [7, 11) is 0. The molecule has 1 heterocycles. The maximum Gasteiger partial charge on any atom is 0.430 e. The predicted molar refractivity (Wildman–Crippen MR) is 54.5 cm³/mol. The summed E-state index contributed by atoms with van der Waals surface area (Å²) in [4.78, 5) is 0. The van der Waals surface area contributed by atoms with Crippen molar-refractivity contribution in [3.05, 3.63) is 58.8 Å². The van der Waals surface area contributed by atoms with E-state index >= 15 is 0 Å². The molecule has 0 saturated heterocycles. The zero-order chi connectivity index (χ0) is 10.8. The second-order valence-corrected chi connectivity index (χ2v) is 3.30. The quantitative estimate of drug-likeness (QED) is 0.510. The van der Waals surface area contributed by atoms with Crippen molar-refractivity contribution in [2.75, 3.05) is 0 Å². The molecule has 0 atom stereocenters. The SMILES string of the molecule is Cc1cc(-c2ccccc2)[n+]([O-])c[n+]1[O-]. The van der Waals surface area contributed by atoms with Crippen LogP contribution in [0.3, 0.4) is 0 Å². The topological polar surface area (TPSA) is 53.9 Å². The second kappa shape index (κ2) is 3.57. The Morgan fingerprint density at radius 3 is 2.33 bits per heavy atom. The molecule has 0 N–H and O–H groups in total. The first-order chi connectivity index (χ1) is 7.18. The van der Waals surface area contributed by atoms with E-state index in [1.54, 1.807) is 13.0 Å². The maximum absolute atomic E-state index is 11.5. The summed E-state index contributed by atoms with van der Waals surface area (Å²) >= 11 is 0. The third kappa shape index (κ3) is 1.74. The molecule has 0 unspecified atom stereocenters. The molecule has 1 aromatic carbocycles. The molecule has 2 rings (SSSR count). The van der Waals surface area contributed by atoms with Gasteiger partial charge >= 0.3 is 6.33 Å². The summed E-state index contributed by atoms with van der Waals surface area (Å²) in [6, 6.07) is 10.8. The van der Waals surface area contributed by atoms with E-state index in [9.17, 15) is 10.4 Å². The molecule has 4 heteroatoms. The highest BCUT2D eigenvalue weighted by atomic mass is 16.5. The molecule has 0 aliphatic heterocycles. The summed E-state index contributed by atoms with van der Waals surface area (Å²) in [5, 5.41) is 22.6. The highest BCUT2D eigenvalue weighted by Crippen LogP contribution is 2.13. The molecule has 0 bridgehead atoms. The van der Waals surface area contributed by atoms with E-state index in [1.165, 1.54) is 0 Å². The third-order valence-electron chi connectivity index (χ3n) is 2.21. The van der Waals surface area contributed by atoms with Gasteiger partial charge in [0.15, 0.2) is 0 Å². The summed E-state index contributed by atoms with van der Waals surface area (Å²) in [6.45, 7) is 1.67. The van der Waals surface area contributed by atoms with Crippen molar-refractivity contribution in [1.82, 2.24) is 0 Å². The monoisotopic (exact) mass is 202 g/mol.